The van der Waals surface area contributed by atoms with Gasteiger partial charge in [0.1, 0.15) is 24.1 Å². The van der Waals surface area contributed by atoms with Crippen LogP contribution < -0.4 is 10.5 Å². The smallest absolute Gasteiger partial charge is 0.408 e. The number of rotatable bonds is 6. The van der Waals surface area contributed by atoms with E-state index in [1.807, 2.05) is 12.1 Å². The Kier molecular flexibility index (Phi) is 8.74. The maximum atomic E-state index is 14.2. The summed E-state index contributed by atoms with van der Waals surface area (Å²) in [6.07, 6.45) is -2.56. The van der Waals surface area contributed by atoms with Gasteiger partial charge < -0.3 is 15.6 Å². The molecule has 3 aromatic heterocycles. The van der Waals surface area contributed by atoms with Gasteiger partial charge in [-0.05, 0) is 57.0 Å². The summed E-state index contributed by atoms with van der Waals surface area (Å²) in [5, 5.41) is 19.1. The monoisotopic (exact) mass is 586 g/mol. The molecule has 0 unspecified atom stereocenters. The number of alkyl halides is 3. The normalized spacial score (nSPS) is 19.1. The Morgan fingerprint density at radius 2 is 1.82 bits per heavy atom. The van der Waals surface area contributed by atoms with Crippen molar-refractivity contribution in [3.63, 3.8) is 0 Å². The van der Waals surface area contributed by atoms with Crippen LogP contribution >= 0.6 is 24.8 Å². The maximum Gasteiger partial charge on any atom is 0.408 e. The molecule has 1 saturated heterocycles. The van der Waals surface area contributed by atoms with Gasteiger partial charge in [-0.15, -0.1) is 35.0 Å². The van der Waals surface area contributed by atoms with Gasteiger partial charge in [0.25, 0.3) is 0 Å². The highest BCUT2D eigenvalue weighted by Gasteiger charge is 2.48. The molecule has 1 aromatic carbocycles. The first-order valence-corrected chi connectivity index (χ1v) is 12.0. The van der Waals surface area contributed by atoms with Gasteiger partial charge in [0.15, 0.2) is 11.5 Å². The third kappa shape index (κ3) is 6.72. The molecule has 0 radical (unpaired) electrons. The highest BCUT2D eigenvalue weighted by molar-refractivity contribution is 5.85. The number of aromatic nitrogens is 4. The van der Waals surface area contributed by atoms with Crippen LogP contribution in [0.4, 0.5) is 13.2 Å². The third-order valence-corrected chi connectivity index (χ3v) is 6.44. The molecule has 13 heteroatoms. The van der Waals surface area contributed by atoms with Crippen molar-refractivity contribution in [1.82, 2.24) is 24.5 Å². The Morgan fingerprint density at radius 1 is 1.10 bits per heavy atom. The molecule has 1 aliphatic heterocycles. The quantitative estimate of drug-likeness (QED) is 0.329. The summed E-state index contributed by atoms with van der Waals surface area (Å²) in [4.78, 5) is 6.06. The van der Waals surface area contributed by atoms with E-state index in [1.54, 1.807) is 39.0 Å². The highest BCUT2D eigenvalue weighted by atomic mass is 35.5. The number of ether oxygens (including phenoxy) is 1. The molecule has 0 spiro atoms. The van der Waals surface area contributed by atoms with Crippen LogP contribution in [0.5, 0.6) is 5.75 Å². The number of fused-ring (bicyclic) bond motifs is 2. The van der Waals surface area contributed by atoms with E-state index in [-0.39, 0.29) is 50.1 Å². The van der Waals surface area contributed by atoms with E-state index in [0.717, 1.165) is 5.39 Å². The molecular weight excluding hydrogens is 556 g/mol. The van der Waals surface area contributed by atoms with Crippen molar-refractivity contribution in [1.29, 1.82) is 0 Å². The van der Waals surface area contributed by atoms with E-state index in [4.69, 9.17) is 10.5 Å². The molecule has 0 saturated carbocycles. The first-order chi connectivity index (χ1) is 17.3. The molecule has 5 rings (SSSR count). The fourth-order valence-electron chi connectivity index (χ4n) is 4.66. The first kappa shape index (κ1) is 30.8. The average Bonchev–Trinajstić information content (AvgIpc) is 3.38. The average molecular weight is 587 g/mol. The van der Waals surface area contributed by atoms with E-state index in [2.05, 4.69) is 15.2 Å². The fourth-order valence-corrected chi connectivity index (χ4v) is 4.66. The van der Waals surface area contributed by atoms with Crippen molar-refractivity contribution in [2.75, 3.05) is 19.7 Å². The number of aliphatic hydroxyl groups is 1. The van der Waals surface area contributed by atoms with Gasteiger partial charge in [-0.3, -0.25) is 9.30 Å². The lowest BCUT2D eigenvalue weighted by atomic mass is 10.0. The molecule has 1 fully saturated rings. The summed E-state index contributed by atoms with van der Waals surface area (Å²) in [7, 11) is 0. The van der Waals surface area contributed by atoms with E-state index in [9.17, 15) is 18.3 Å². The second kappa shape index (κ2) is 11.1. The van der Waals surface area contributed by atoms with E-state index in [1.165, 1.54) is 27.6 Å². The number of hydrogen-bond donors (Lipinski definition) is 2. The number of likely N-dealkylation sites (tertiary alicyclic amines) is 1. The molecule has 2 atom stereocenters. The van der Waals surface area contributed by atoms with Crippen LogP contribution in [-0.2, 0) is 0 Å². The van der Waals surface area contributed by atoms with Crippen molar-refractivity contribution in [3.8, 4) is 17.3 Å². The van der Waals surface area contributed by atoms with Crippen molar-refractivity contribution in [2.45, 2.75) is 50.6 Å². The Morgan fingerprint density at radius 3 is 2.46 bits per heavy atom. The fraction of sp³-hybridized carbons (Fsp3) is 0.423. The van der Waals surface area contributed by atoms with Crippen LogP contribution in [0.25, 0.3) is 28.1 Å². The number of benzene rings is 1. The highest BCUT2D eigenvalue weighted by Crippen LogP contribution is 2.41. The lowest BCUT2D eigenvalue weighted by Gasteiger charge is -2.31. The van der Waals surface area contributed by atoms with Gasteiger partial charge in [0, 0.05) is 36.3 Å². The molecule has 0 bridgehead atoms. The van der Waals surface area contributed by atoms with Crippen molar-refractivity contribution >= 4 is 41.4 Å². The molecular formula is C26H31Cl2F3N6O2. The van der Waals surface area contributed by atoms with E-state index in [0.29, 0.717) is 34.9 Å². The number of pyridine rings is 2. The van der Waals surface area contributed by atoms with Crippen LogP contribution in [0.1, 0.15) is 38.8 Å². The molecule has 0 aliphatic carbocycles. The zero-order chi connectivity index (χ0) is 26.6. The van der Waals surface area contributed by atoms with Gasteiger partial charge in [-0.2, -0.15) is 13.2 Å². The van der Waals surface area contributed by atoms with Crippen LogP contribution in [-0.4, -0.2) is 66.6 Å². The number of hydrogen-bond acceptors (Lipinski definition) is 7. The second-order valence-electron chi connectivity index (χ2n) is 10.7. The van der Waals surface area contributed by atoms with E-state index >= 15 is 0 Å². The largest absolute Gasteiger partial charge is 0.491 e. The number of halogens is 5. The molecule has 39 heavy (non-hydrogen) atoms. The molecule has 212 valence electrons. The van der Waals surface area contributed by atoms with Gasteiger partial charge in [0.2, 0.25) is 0 Å². The SMILES string of the molecule is CC(C)(O)COc1ccc2ccc(-c3nnc4ccc([C@H](N5CC[C@](C)(N)C5)C(F)(F)F)cn34)nc2c1.Cl.Cl. The number of nitrogens with zero attached hydrogens (tertiary/aromatic N) is 5. The molecule has 8 nitrogen and oxygen atoms in total. The lowest BCUT2D eigenvalue weighted by Crippen LogP contribution is -2.43. The summed E-state index contributed by atoms with van der Waals surface area (Å²) in [5.41, 5.74) is 6.04. The molecule has 1 aliphatic rings. The third-order valence-electron chi connectivity index (χ3n) is 6.44. The maximum absolute atomic E-state index is 14.2. The topological polar surface area (TPSA) is 102 Å². The summed E-state index contributed by atoms with van der Waals surface area (Å²) in [6, 6.07) is 10.2. The minimum atomic E-state index is -4.48. The summed E-state index contributed by atoms with van der Waals surface area (Å²) >= 11 is 0. The zero-order valence-electron chi connectivity index (χ0n) is 21.6. The van der Waals surface area contributed by atoms with Crippen LogP contribution in [0, 0.1) is 0 Å². The molecule has 3 N–H and O–H groups in total. The van der Waals surface area contributed by atoms with Crippen LogP contribution in [0.3, 0.4) is 0 Å². The Balaban J connectivity index is 0.00000210. The van der Waals surface area contributed by atoms with Crippen LogP contribution in [0.15, 0.2) is 48.7 Å². The minimum Gasteiger partial charge on any atom is -0.491 e. The van der Waals surface area contributed by atoms with Crippen LogP contribution in [0.2, 0.25) is 0 Å². The Hall–Kier alpha value is -2.70. The minimum absolute atomic E-state index is 0. The van der Waals surface area contributed by atoms with Gasteiger partial charge in [0.05, 0.1) is 11.1 Å². The summed E-state index contributed by atoms with van der Waals surface area (Å²) < 4.78 is 49.9. The number of nitrogens with two attached hydrogens (primary N) is 1. The second-order valence-corrected chi connectivity index (χ2v) is 10.7. The lowest BCUT2D eigenvalue weighted by molar-refractivity contribution is -0.184. The molecule has 4 aromatic rings. The predicted molar refractivity (Wildman–Crippen MR) is 148 cm³/mol. The summed E-state index contributed by atoms with van der Waals surface area (Å²) in [5.74, 6) is 0.866. The van der Waals surface area contributed by atoms with Gasteiger partial charge in [-0.1, -0.05) is 12.1 Å². The van der Waals surface area contributed by atoms with E-state index < -0.39 is 23.4 Å². The van der Waals surface area contributed by atoms with Gasteiger partial charge >= 0.3 is 6.18 Å². The standard InChI is InChI=1S/C26H29F3N6O2.2ClH/c1-24(2,36)15-37-18-7-4-16-5-8-19(31-20(16)12-18)23-33-32-21-9-6-17(13-35(21)23)22(26(27,28)29)34-11-10-25(3,30)14-34;;/h4-9,12-13,22,36H,10-11,14-15,30H2,1-3H3;2*1H/t22-,25-;;/m0../s1. The summed E-state index contributed by atoms with van der Waals surface area (Å²) in [6.45, 7) is 5.58. The molecule has 4 heterocycles. The Labute approximate surface area is 236 Å². The van der Waals surface area contributed by atoms with Crippen molar-refractivity contribution in [2.24, 2.45) is 5.73 Å². The Bertz CT molecular complexity index is 1460. The van der Waals surface area contributed by atoms with Crippen molar-refractivity contribution < 1.29 is 23.0 Å². The first-order valence-electron chi connectivity index (χ1n) is 12.0. The molecule has 0 amide bonds. The zero-order valence-corrected chi connectivity index (χ0v) is 23.3. The van der Waals surface area contributed by atoms with Gasteiger partial charge in [-0.25, -0.2) is 4.98 Å². The van der Waals surface area contributed by atoms with Crippen molar-refractivity contribution in [3.05, 3.63) is 54.2 Å². The predicted octanol–water partition coefficient (Wildman–Crippen LogP) is 4.96.